The van der Waals surface area contributed by atoms with E-state index in [4.69, 9.17) is 5.73 Å². The molecular formula is C8H16N2O. The molecule has 0 aromatic rings. The van der Waals surface area contributed by atoms with E-state index in [0.717, 1.165) is 6.42 Å². The molecule has 3 nitrogen and oxygen atoms in total. The number of hydrogen-bond acceptors (Lipinski definition) is 2. The van der Waals surface area contributed by atoms with Crippen molar-refractivity contribution in [1.29, 1.82) is 0 Å². The number of carbonyl (C=O) groups excluding carboxylic acids is 1. The van der Waals surface area contributed by atoms with E-state index >= 15 is 0 Å². The van der Waals surface area contributed by atoms with Gasteiger partial charge >= 0.3 is 0 Å². The van der Waals surface area contributed by atoms with Crippen molar-refractivity contribution in [3.8, 4) is 0 Å². The molecule has 0 aliphatic heterocycles. The summed E-state index contributed by atoms with van der Waals surface area (Å²) in [5.74, 6) is -0.244. The van der Waals surface area contributed by atoms with Crippen LogP contribution in [-0.2, 0) is 4.79 Å². The number of rotatable bonds is 4. The van der Waals surface area contributed by atoms with Gasteiger partial charge in [-0.3, -0.25) is 4.79 Å². The third-order valence-corrected chi connectivity index (χ3v) is 2.35. The molecule has 0 radical (unpaired) electrons. The SMILES string of the molecule is CCC(C)(NC1CC1)C(N)=O. The second kappa shape index (κ2) is 2.81. The predicted octanol–water partition coefficient (Wildman–Crippen LogP) is 0.392. The molecule has 1 fully saturated rings. The zero-order chi connectivity index (χ0) is 8.48. The van der Waals surface area contributed by atoms with E-state index in [0.29, 0.717) is 6.04 Å². The highest BCUT2D eigenvalue weighted by Gasteiger charge is 2.35. The van der Waals surface area contributed by atoms with Gasteiger partial charge in [0, 0.05) is 6.04 Å². The van der Waals surface area contributed by atoms with Gasteiger partial charge in [0.1, 0.15) is 0 Å². The summed E-state index contributed by atoms with van der Waals surface area (Å²) in [7, 11) is 0. The average Bonchev–Trinajstić information content (AvgIpc) is 2.71. The topological polar surface area (TPSA) is 55.1 Å². The van der Waals surface area contributed by atoms with Crippen LogP contribution in [0.5, 0.6) is 0 Å². The van der Waals surface area contributed by atoms with Crippen LogP contribution in [0.3, 0.4) is 0 Å². The van der Waals surface area contributed by atoms with E-state index in [-0.39, 0.29) is 5.91 Å². The van der Waals surface area contributed by atoms with Gasteiger partial charge in [0.15, 0.2) is 0 Å². The molecule has 1 aliphatic rings. The summed E-state index contributed by atoms with van der Waals surface area (Å²) in [4.78, 5) is 11.0. The van der Waals surface area contributed by atoms with Crippen molar-refractivity contribution in [2.45, 2.75) is 44.7 Å². The Kier molecular flexibility index (Phi) is 2.18. The maximum atomic E-state index is 11.0. The summed E-state index contributed by atoms with van der Waals surface area (Å²) < 4.78 is 0. The molecule has 3 heteroatoms. The molecule has 0 aromatic carbocycles. The first-order valence-electron chi connectivity index (χ1n) is 4.16. The van der Waals surface area contributed by atoms with Gasteiger partial charge in [-0.2, -0.15) is 0 Å². The van der Waals surface area contributed by atoms with E-state index in [2.05, 4.69) is 5.32 Å². The zero-order valence-corrected chi connectivity index (χ0v) is 7.18. The minimum atomic E-state index is -0.485. The van der Waals surface area contributed by atoms with E-state index < -0.39 is 5.54 Å². The second-order valence-corrected chi connectivity index (χ2v) is 3.47. The van der Waals surface area contributed by atoms with Crippen molar-refractivity contribution < 1.29 is 4.79 Å². The molecule has 1 rings (SSSR count). The summed E-state index contributed by atoms with van der Waals surface area (Å²) in [5, 5.41) is 3.24. The number of nitrogens with two attached hydrogens (primary N) is 1. The van der Waals surface area contributed by atoms with Gasteiger partial charge in [0.2, 0.25) is 5.91 Å². The monoisotopic (exact) mass is 156 g/mol. The lowest BCUT2D eigenvalue weighted by atomic mass is 9.98. The van der Waals surface area contributed by atoms with Crippen molar-refractivity contribution in [2.24, 2.45) is 5.73 Å². The molecule has 0 bridgehead atoms. The molecule has 0 heterocycles. The van der Waals surface area contributed by atoms with Gasteiger partial charge in [-0.05, 0) is 26.2 Å². The van der Waals surface area contributed by atoms with Gasteiger partial charge in [0.05, 0.1) is 5.54 Å². The Morgan fingerprint density at radius 1 is 1.73 bits per heavy atom. The van der Waals surface area contributed by atoms with Crippen molar-refractivity contribution in [3.63, 3.8) is 0 Å². The van der Waals surface area contributed by atoms with Crippen LogP contribution < -0.4 is 11.1 Å². The number of nitrogens with one attached hydrogen (secondary N) is 1. The van der Waals surface area contributed by atoms with Crippen LogP contribution in [0.25, 0.3) is 0 Å². The highest BCUT2D eigenvalue weighted by molar-refractivity contribution is 5.84. The van der Waals surface area contributed by atoms with Crippen LogP contribution in [0.15, 0.2) is 0 Å². The first-order chi connectivity index (χ1) is 5.08. The molecule has 1 amide bonds. The van der Waals surface area contributed by atoms with Crippen LogP contribution in [0, 0.1) is 0 Å². The molecule has 3 N–H and O–H groups in total. The van der Waals surface area contributed by atoms with E-state index in [1.807, 2.05) is 13.8 Å². The molecule has 64 valence electrons. The fourth-order valence-corrected chi connectivity index (χ4v) is 1.03. The Hall–Kier alpha value is -0.570. The maximum absolute atomic E-state index is 11.0. The minimum absolute atomic E-state index is 0.244. The number of carbonyl (C=O) groups is 1. The first kappa shape index (κ1) is 8.53. The largest absolute Gasteiger partial charge is 0.368 e. The average molecular weight is 156 g/mol. The molecule has 1 aliphatic carbocycles. The maximum Gasteiger partial charge on any atom is 0.237 e. The molecular weight excluding hydrogens is 140 g/mol. The minimum Gasteiger partial charge on any atom is -0.368 e. The Labute approximate surface area is 67.3 Å². The lowest BCUT2D eigenvalue weighted by molar-refractivity contribution is -0.124. The summed E-state index contributed by atoms with van der Waals surface area (Å²) in [6.07, 6.45) is 3.13. The Morgan fingerprint density at radius 3 is 2.55 bits per heavy atom. The third kappa shape index (κ3) is 1.93. The van der Waals surface area contributed by atoms with Gasteiger partial charge < -0.3 is 11.1 Å². The highest BCUT2D eigenvalue weighted by Crippen LogP contribution is 2.23. The van der Waals surface area contributed by atoms with Crippen molar-refractivity contribution >= 4 is 5.91 Å². The van der Waals surface area contributed by atoms with Crippen molar-refractivity contribution in [1.82, 2.24) is 5.32 Å². The quantitative estimate of drug-likeness (QED) is 0.618. The van der Waals surface area contributed by atoms with Crippen molar-refractivity contribution in [3.05, 3.63) is 0 Å². The summed E-state index contributed by atoms with van der Waals surface area (Å²) >= 11 is 0. The van der Waals surface area contributed by atoms with Crippen molar-refractivity contribution in [2.75, 3.05) is 0 Å². The van der Waals surface area contributed by atoms with Crippen LogP contribution in [0.1, 0.15) is 33.1 Å². The molecule has 1 atom stereocenters. The lowest BCUT2D eigenvalue weighted by Gasteiger charge is -2.25. The molecule has 0 aromatic heterocycles. The molecule has 1 saturated carbocycles. The highest BCUT2D eigenvalue weighted by atomic mass is 16.1. The van der Waals surface area contributed by atoms with Crippen LogP contribution in [0.2, 0.25) is 0 Å². The first-order valence-corrected chi connectivity index (χ1v) is 4.16. The Bertz CT molecular complexity index is 165. The molecule has 1 unspecified atom stereocenters. The predicted molar refractivity (Wildman–Crippen MR) is 44.0 cm³/mol. The number of hydrogen-bond donors (Lipinski definition) is 2. The normalized spacial score (nSPS) is 22.7. The third-order valence-electron chi connectivity index (χ3n) is 2.35. The summed E-state index contributed by atoms with van der Waals surface area (Å²) in [6.45, 7) is 3.84. The zero-order valence-electron chi connectivity index (χ0n) is 7.18. The van der Waals surface area contributed by atoms with Gasteiger partial charge in [-0.15, -0.1) is 0 Å². The van der Waals surface area contributed by atoms with Crippen LogP contribution >= 0.6 is 0 Å². The van der Waals surface area contributed by atoms with Crippen LogP contribution in [-0.4, -0.2) is 17.5 Å². The standard InChI is InChI=1S/C8H16N2O/c1-3-8(2,7(9)11)10-6-4-5-6/h6,10H,3-5H2,1-2H3,(H2,9,11). The van der Waals surface area contributed by atoms with E-state index in [1.165, 1.54) is 12.8 Å². The van der Waals surface area contributed by atoms with Gasteiger partial charge in [0.25, 0.3) is 0 Å². The van der Waals surface area contributed by atoms with E-state index in [1.54, 1.807) is 0 Å². The van der Waals surface area contributed by atoms with Crippen LogP contribution in [0.4, 0.5) is 0 Å². The fourth-order valence-electron chi connectivity index (χ4n) is 1.03. The van der Waals surface area contributed by atoms with Gasteiger partial charge in [-0.1, -0.05) is 6.92 Å². The lowest BCUT2D eigenvalue weighted by Crippen LogP contribution is -2.53. The number of primary amides is 1. The second-order valence-electron chi connectivity index (χ2n) is 3.47. The van der Waals surface area contributed by atoms with E-state index in [9.17, 15) is 4.79 Å². The Balaban J connectivity index is 2.49. The smallest absolute Gasteiger partial charge is 0.237 e. The number of amides is 1. The summed E-state index contributed by atoms with van der Waals surface area (Å²) in [5.41, 5.74) is 4.77. The molecule has 11 heavy (non-hydrogen) atoms. The molecule has 0 spiro atoms. The molecule has 0 saturated heterocycles. The fraction of sp³-hybridized carbons (Fsp3) is 0.875. The Morgan fingerprint density at radius 2 is 2.27 bits per heavy atom. The van der Waals surface area contributed by atoms with Gasteiger partial charge in [-0.25, -0.2) is 0 Å². The summed E-state index contributed by atoms with van der Waals surface area (Å²) in [6, 6.07) is 0.535.